The summed E-state index contributed by atoms with van der Waals surface area (Å²) in [7, 11) is 2.82. The summed E-state index contributed by atoms with van der Waals surface area (Å²) in [6, 6.07) is 2.99. The summed E-state index contributed by atoms with van der Waals surface area (Å²) in [5, 5.41) is 0. The highest BCUT2D eigenvalue weighted by atomic mass is 16.6. The summed E-state index contributed by atoms with van der Waals surface area (Å²) in [4.78, 5) is 37.8. The zero-order valence-corrected chi connectivity index (χ0v) is 15.9. The number of hydrogen-bond acceptors (Lipinski definition) is 8. The fourth-order valence-electron chi connectivity index (χ4n) is 3.22. The Morgan fingerprint density at radius 1 is 1.11 bits per heavy atom. The monoisotopic (exact) mass is 393 g/mol. The molecule has 0 radical (unpaired) electrons. The fourth-order valence-corrected chi connectivity index (χ4v) is 3.22. The number of methoxy groups -OCH3 is 2. The number of carbonyl (C=O) groups is 3. The van der Waals surface area contributed by atoms with Crippen molar-refractivity contribution in [2.24, 2.45) is 5.92 Å². The molecule has 2 aliphatic rings. The number of fused-ring (bicyclic) bond motifs is 1. The summed E-state index contributed by atoms with van der Waals surface area (Å²) in [5.41, 5.74) is 0.207. The van der Waals surface area contributed by atoms with Crippen molar-refractivity contribution < 1.29 is 38.1 Å². The maximum Gasteiger partial charge on any atom is 0.338 e. The van der Waals surface area contributed by atoms with E-state index >= 15 is 0 Å². The van der Waals surface area contributed by atoms with Gasteiger partial charge in [0.15, 0.2) is 18.1 Å². The molecule has 0 saturated carbocycles. The van der Waals surface area contributed by atoms with Gasteiger partial charge in [-0.25, -0.2) is 4.79 Å². The quantitative estimate of drug-likeness (QED) is 0.684. The van der Waals surface area contributed by atoms with Gasteiger partial charge in [-0.05, 0) is 25.0 Å². The Kier molecular flexibility index (Phi) is 6.23. The number of esters is 2. The lowest BCUT2D eigenvalue weighted by Crippen LogP contribution is -2.42. The molecule has 2 heterocycles. The zero-order chi connectivity index (χ0) is 20.1. The standard InChI is InChI=1S/C19H23NO8/c1-24-14-9-13(10-15-17(14)27-8-7-26-15)19(23)28-11-16(21)20-5-3-12(4-6-20)18(22)25-2/h9-10,12H,3-8,11H2,1-2H3. The highest BCUT2D eigenvalue weighted by Crippen LogP contribution is 2.40. The van der Waals surface area contributed by atoms with Gasteiger partial charge in [-0.15, -0.1) is 0 Å². The summed E-state index contributed by atoms with van der Waals surface area (Å²) in [6.07, 6.45) is 1.07. The Morgan fingerprint density at radius 3 is 2.50 bits per heavy atom. The second kappa shape index (κ2) is 8.81. The van der Waals surface area contributed by atoms with Crippen LogP contribution in [0.4, 0.5) is 0 Å². The van der Waals surface area contributed by atoms with E-state index in [1.165, 1.54) is 26.4 Å². The van der Waals surface area contributed by atoms with Gasteiger partial charge in [0.05, 0.1) is 25.7 Å². The molecular weight excluding hydrogens is 370 g/mol. The van der Waals surface area contributed by atoms with Crippen LogP contribution in [-0.4, -0.2) is 69.9 Å². The summed E-state index contributed by atoms with van der Waals surface area (Å²) < 4.78 is 26.1. The minimum Gasteiger partial charge on any atom is -0.493 e. The lowest BCUT2D eigenvalue weighted by atomic mass is 9.97. The minimum absolute atomic E-state index is 0.193. The van der Waals surface area contributed by atoms with Gasteiger partial charge in [-0.3, -0.25) is 9.59 Å². The third kappa shape index (κ3) is 4.29. The van der Waals surface area contributed by atoms with Gasteiger partial charge in [-0.1, -0.05) is 0 Å². The number of likely N-dealkylation sites (tertiary alicyclic amines) is 1. The normalized spacial score (nSPS) is 16.3. The Bertz CT molecular complexity index is 737. The lowest BCUT2D eigenvalue weighted by Gasteiger charge is -2.30. The molecule has 9 heteroatoms. The molecule has 0 atom stereocenters. The van der Waals surface area contributed by atoms with E-state index in [4.69, 9.17) is 23.7 Å². The molecule has 0 N–H and O–H groups in total. The molecule has 1 fully saturated rings. The second-order valence-electron chi connectivity index (χ2n) is 6.46. The minimum atomic E-state index is -0.659. The van der Waals surface area contributed by atoms with Crippen molar-refractivity contribution in [3.8, 4) is 17.2 Å². The van der Waals surface area contributed by atoms with E-state index in [0.29, 0.717) is 56.4 Å². The molecule has 1 aromatic carbocycles. The first-order chi connectivity index (χ1) is 13.5. The molecule has 0 bridgehead atoms. The van der Waals surface area contributed by atoms with E-state index in [2.05, 4.69) is 0 Å². The molecule has 0 unspecified atom stereocenters. The molecular formula is C19H23NO8. The van der Waals surface area contributed by atoms with E-state index in [0.717, 1.165) is 0 Å². The van der Waals surface area contributed by atoms with Crippen LogP contribution in [0.2, 0.25) is 0 Å². The molecule has 1 amide bonds. The van der Waals surface area contributed by atoms with Crippen LogP contribution >= 0.6 is 0 Å². The van der Waals surface area contributed by atoms with Crippen molar-refractivity contribution in [1.82, 2.24) is 4.90 Å². The largest absolute Gasteiger partial charge is 0.493 e. The van der Waals surface area contributed by atoms with Crippen LogP contribution in [0.5, 0.6) is 17.2 Å². The Morgan fingerprint density at radius 2 is 1.82 bits per heavy atom. The zero-order valence-electron chi connectivity index (χ0n) is 15.9. The lowest BCUT2D eigenvalue weighted by molar-refractivity contribution is -0.149. The number of ether oxygens (including phenoxy) is 5. The fraction of sp³-hybridized carbons (Fsp3) is 0.526. The van der Waals surface area contributed by atoms with Crippen molar-refractivity contribution in [3.63, 3.8) is 0 Å². The van der Waals surface area contributed by atoms with E-state index in [1.807, 2.05) is 0 Å². The summed E-state index contributed by atoms with van der Waals surface area (Å²) in [5.74, 6) is -0.217. The second-order valence-corrected chi connectivity index (χ2v) is 6.46. The van der Waals surface area contributed by atoms with Gasteiger partial charge >= 0.3 is 11.9 Å². The van der Waals surface area contributed by atoms with Crippen LogP contribution in [-0.2, 0) is 19.1 Å². The van der Waals surface area contributed by atoms with Crippen molar-refractivity contribution in [2.75, 3.05) is 47.1 Å². The molecule has 0 aliphatic carbocycles. The van der Waals surface area contributed by atoms with Gasteiger partial charge in [0.2, 0.25) is 5.75 Å². The molecule has 0 spiro atoms. The number of amides is 1. The molecule has 1 aromatic rings. The Hall–Kier alpha value is -2.97. The topological polar surface area (TPSA) is 101 Å². The van der Waals surface area contributed by atoms with E-state index in [-0.39, 0.29) is 30.0 Å². The van der Waals surface area contributed by atoms with Crippen LogP contribution in [0.3, 0.4) is 0 Å². The number of piperidine rings is 1. The molecule has 9 nitrogen and oxygen atoms in total. The first-order valence-electron chi connectivity index (χ1n) is 9.04. The van der Waals surface area contributed by atoms with E-state index < -0.39 is 5.97 Å². The SMILES string of the molecule is COC(=O)C1CCN(C(=O)COC(=O)c2cc(OC)c3c(c2)OCCO3)CC1. The summed E-state index contributed by atoms with van der Waals surface area (Å²) in [6.45, 7) is 1.24. The third-order valence-electron chi connectivity index (χ3n) is 4.77. The van der Waals surface area contributed by atoms with E-state index in [1.54, 1.807) is 4.90 Å². The van der Waals surface area contributed by atoms with Crippen LogP contribution in [0, 0.1) is 5.92 Å². The predicted octanol–water partition coefficient (Wildman–Crippen LogP) is 1.03. The molecule has 28 heavy (non-hydrogen) atoms. The maximum atomic E-state index is 12.4. The summed E-state index contributed by atoms with van der Waals surface area (Å²) >= 11 is 0. The van der Waals surface area contributed by atoms with Crippen molar-refractivity contribution >= 4 is 17.8 Å². The number of nitrogens with zero attached hydrogens (tertiary/aromatic N) is 1. The first kappa shape index (κ1) is 19.8. The number of rotatable bonds is 5. The molecule has 3 rings (SSSR count). The van der Waals surface area contributed by atoms with Gasteiger partial charge in [0.1, 0.15) is 13.2 Å². The third-order valence-corrected chi connectivity index (χ3v) is 4.77. The van der Waals surface area contributed by atoms with Gasteiger partial charge < -0.3 is 28.6 Å². The highest BCUT2D eigenvalue weighted by molar-refractivity contribution is 5.93. The smallest absolute Gasteiger partial charge is 0.338 e. The molecule has 1 saturated heterocycles. The number of carbonyl (C=O) groups excluding carboxylic acids is 3. The predicted molar refractivity (Wildman–Crippen MR) is 95.6 cm³/mol. The highest BCUT2D eigenvalue weighted by Gasteiger charge is 2.28. The maximum absolute atomic E-state index is 12.4. The average molecular weight is 393 g/mol. The van der Waals surface area contributed by atoms with Gasteiger partial charge in [-0.2, -0.15) is 0 Å². The molecule has 2 aliphatic heterocycles. The van der Waals surface area contributed by atoms with E-state index in [9.17, 15) is 14.4 Å². The van der Waals surface area contributed by atoms with Crippen LogP contribution in [0.1, 0.15) is 23.2 Å². The Balaban J connectivity index is 1.56. The van der Waals surface area contributed by atoms with Gasteiger partial charge in [0, 0.05) is 13.1 Å². The van der Waals surface area contributed by atoms with Crippen LogP contribution < -0.4 is 14.2 Å². The molecule has 152 valence electrons. The van der Waals surface area contributed by atoms with Crippen LogP contribution in [0.15, 0.2) is 12.1 Å². The van der Waals surface area contributed by atoms with Crippen molar-refractivity contribution in [1.29, 1.82) is 0 Å². The first-order valence-corrected chi connectivity index (χ1v) is 9.04. The average Bonchev–Trinajstić information content (AvgIpc) is 2.75. The molecule has 0 aromatic heterocycles. The number of hydrogen-bond donors (Lipinski definition) is 0. The Labute approximate surface area is 162 Å². The number of benzene rings is 1. The van der Waals surface area contributed by atoms with Crippen molar-refractivity contribution in [2.45, 2.75) is 12.8 Å². The van der Waals surface area contributed by atoms with Crippen molar-refractivity contribution in [3.05, 3.63) is 17.7 Å². The van der Waals surface area contributed by atoms with Gasteiger partial charge in [0.25, 0.3) is 5.91 Å². The van der Waals surface area contributed by atoms with Crippen LogP contribution in [0.25, 0.3) is 0 Å².